The van der Waals surface area contributed by atoms with Gasteiger partial charge in [-0.05, 0) is 19.4 Å². The molecule has 2 N–H and O–H groups in total. The molecule has 5 heteroatoms. The third kappa shape index (κ3) is 3.32. The van der Waals surface area contributed by atoms with Crippen LogP contribution in [-0.4, -0.2) is 32.1 Å². The van der Waals surface area contributed by atoms with Gasteiger partial charge < -0.3 is 10.1 Å². The molecule has 5 nitrogen and oxygen atoms in total. The topological polar surface area (TPSA) is 62.7 Å². The Labute approximate surface area is 113 Å². The van der Waals surface area contributed by atoms with E-state index in [0.717, 1.165) is 16.7 Å². The Morgan fingerprint density at radius 2 is 1.95 bits per heavy atom. The molecule has 1 atom stereocenters. The minimum atomic E-state index is -0.361. The second-order valence-corrected chi connectivity index (χ2v) is 4.71. The van der Waals surface area contributed by atoms with Crippen LogP contribution in [0.15, 0.2) is 23.2 Å². The van der Waals surface area contributed by atoms with Crippen molar-refractivity contribution >= 4 is 11.9 Å². The van der Waals surface area contributed by atoms with Crippen LogP contribution in [-0.2, 0) is 9.53 Å². The summed E-state index contributed by atoms with van der Waals surface area (Å²) >= 11 is 0. The fraction of sp³-hybridized carbons (Fsp3) is 0.429. The fourth-order valence-corrected chi connectivity index (χ4v) is 2.17. The molecule has 1 aliphatic heterocycles. The zero-order valence-electron chi connectivity index (χ0n) is 11.5. The van der Waals surface area contributed by atoms with Gasteiger partial charge in [-0.2, -0.15) is 0 Å². The molecule has 1 aliphatic rings. The minimum absolute atomic E-state index is 0.0684. The average molecular weight is 261 g/mol. The SMILES string of the molecule is COCCN=C1NC(=O)C(c2cc(C)cc(C)c2)N1. The van der Waals surface area contributed by atoms with E-state index in [9.17, 15) is 4.79 Å². The number of carbonyl (C=O) groups excluding carboxylic acids is 1. The van der Waals surface area contributed by atoms with Crippen molar-refractivity contribution in [1.82, 2.24) is 10.6 Å². The van der Waals surface area contributed by atoms with Crippen molar-refractivity contribution in [3.05, 3.63) is 34.9 Å². The van der Waals surface area contributed by atoms with Crippen molar-refractivity contribution in [1.29, 1.82) is 0 Å². The Bertz CT molecular complexity index is 491. The Morgan fingerprint density at radius 1 is 1.26 bits per heavy atom. The molecular formula is C14H19N3O2. The number of benzene rings is 1. The van der Waals surface area contributed by atoms with Crippen LogP contribution < -0.4 is 10.6 Å². The minimum Gasteiger partial charge on any atom is -0.383 e. The van der Waals surface area contributed by atoms with Crippen LogP contribution in [0, 0.1) is 13.8 Å². The molecule has 0 spiro atoms. The molecule has 1 aromatic carbocycles. The number of carbonyl (C=O) groups is 1. The van der Waals surface area contributed by atoms with Gasteiger partial charge in [-0.3, -0.25) is 15.1 Å². The van der Waals surface area contributed by atoms with Crippen LogP contribution in [0.25, 0.3) is 0 Å². The number of hydrogen-bond donors (Lipinski definition) is 2. The van der Waals surface area contributed by atoms with E-state index in [-0.39, 0.29) is 11.9 Å². The monoisotopic (exact) mass is 261 g/mol. The zero-order chi connectivity index (χ0) is 13.8. The molecule has 1 amide bonds. The van der Waals surface area contributed by atoms with Crippen molar-refractivity contribution in [3.8, 4) is 0 Å². The van der Waals surface area contributed by atoms with E-state index in [4.69, 9.17) is 4.74 Å². The maximum absolute atomic E-state index is 12.0. The van der Waals surface area contributed by atoms with Crippen molar-refractivity contribution in [2.75, 3.05) is 20.3 Å². The molecule has 1 heterocycles. The molecular weight excluding hydrogens is 242 g/mol. The summed E-state index contributed by atoms with van der Waals surface area (Å²) in [5, 5.41) is 5.85. The van der Waals surface area contributed by atoms with Gasteiger partial charge in [-0.15, -0.1) is 0 Å². The largest absolute Gasteiger partial charge is 0.383 e. The molecule has 0 aromatic heterocycles. The molecule has 1 unspecified atom stereocenters. The Hall–Kier alpha value is -1.88. The number of aliphatic imine (C=N–C) groups is 1. The lowest BCUT2D eigenvalue weighted by atomic mass is 10.0. The summed E-state index contributed by atoms with van der Waals surface area (Å²) in [7, 11) is 1.62. The number of amides is 1. The molecule has 1 saturated heterocycles. The van der Waals surface area contributed by atoms with Gasteiger partial charge in [0.05, 0.1) is 13.2 Å². The third-order valence-corrected chi connectivity index (χ3v) is 2.93. The first kappa shape index (κ1) is 13.5. The Balaban J connectivity index is 2.13. The summed E-state index contributed by atoms with van der Waals surface area (Å²) < 4.78 is 4.92. The average Bonchev–Trinajstić information content (AvgIpc) is 2.70. The second kappa shape index (κ2) is 5.84. The van der Waals surface area contributed by atoms with Gasteiger partial charge in [0.15, 0.2) is 5.96 Å². The number of rotatable bonds is 4. The number of aryl methyl sites for hydroxylation is 2. The fourth-order valence-electron chi connectivity index (χ4n) is 2.17. The standard InChI is InChI=1S/C14H19N3O2/c1-9-6-10(2)8-11(7-9)12-13(18)17-14(16-12)15-4-5-19-3/h6-8,12H,4-5H2,1-3H3,(H2,15,16,17,18). The van der Waals surface area contributed by atoms with E-state index >= 15 is 0 Å². The van der Waals surface area contributed by atoms with Gasteiger partial charge in [-0.25, -0.2) is 0 Å². The summed E-state index contributed by atoms with van der Waals surface area (Å²) in [5.74, 6) is 0.451. The van der Waals surface area contributed by atoms with Crippen LogP contribution in [0.1, 0.15) is 22.7 Å². The molecule has 1 aromatic rings. The van der Waals surface area contributed by atoms with E-state index in [1.807, 2.05) is 26.0 Å². The van der Waals surface area contributed by atoms with Crippen LogP contribution in [0.5, 0.6) is 0 Å². The van der Waals surface area contributed by atoms with E-state index < -0.39 is 0 Å². The van der Waals surface area contributed by atoms with Gasteiger partial charge in [0.25, 0.3) is 5.91 Å². The molecule has 102 valence electrons. The van der Waals surface area contributed by atoms with Crippen molar-refractivity contribution < 1.29 is 9.53 Å². The van der Waals surface area contributed by atoms with Crippen LogP contribution in [0.2, 0.25) is 0 Å². The lowest BCUT2D eigenvalue weighted by Gasteiger charge is -2.10. The number of nitrogens with zero attached hydrogens (tertiary/aromatic N) is 1. The molecule has 1 fully saturated rings. The van der Waals surface area contributed by atoms with E-state index in [2.05, 4.69) is 21.7 Å². The molecule has 19 heavy (non-hydrogen) atoms. The number of guanidine groups is 1. The Morgan fingerprint density at radius 3 is 2.58 bits per heavy atom. The van der Waals surface area contributed by atoms with E-state index in [0.29, 0.717) is 19.1 Å². The predicted octanol–water partition coefficient (Wildman–Crippen LogP) is 1.07. The summed E-state index contributed by atoms with van der Waals surface area (Å²) in [4.78, 5) is 16.2. The maximum Gasteiger partial charge on any atom is 0.253 e. The van der Waals surface area contributed by atoms with Crippen molar-refractivity contribution in [2.45, 2.75) is 19.9 Å². The summed E-state index contributed by atoms with van der Waals surface area (Å²) in [6, 6.07) is 5.76. The lowest BCUT2D eigenvalue weighted by Crippen LogP contribution is -2.26. The zero-order valence-corrected chi connectivity index (χ0v) is 11.5. The quantitative estimate of drug-likeness (QED) is 0.797. The van der Waals surface area contributed by atoms with Gasteiger partial charge in [0.2, 0.25) is 0 Å². The first-order valence-electron chi connectivity index (χ1n) is 6.29. The summed E-state index contributed by atoms with van der Waals surface area (Å²) in [6.45, 7) is 5.11. The molecule has 0 saturated carbocycles. The molecule has 0 aliphatic carbocycles. The van der Waals surface area contributed by atoms with Crippen LogP contribution in [0.3, 0.4) is 0 Å². The normalized spacial score (nSPS) is 20.5. The van der Waals surface area contributed by atoms with Crippen molar-refractivity contribution in [3.63, 3.8) is 0 Å². The molecule has 0 bridgehead atoms. The van der Waals surface area contributed by atoms with Gasteiger partial charge in [0, 0.05) is 7.11 Å². The highest BCUT2D eigenvalue weighted by atomic mass is 16.5. The number of hydrogen-bond acceptors (Lipinski definition) is 3. The summed E-state index contributed by atoms with van der Waals surface area (Å²) in [5.41, 5.74) is 3.26. The second-order valence-electron chi connectivity index (χ2n) is 4.71. The Kier molecular flexibility index (Phi) is 4.16. The van der Waals surface area contributed by atoms with E-state index in [1.165, 1.54) is 0 Å². The highest BCUT2D eigenvalue weighted by Crippen LogP contribution is 2.19. The van der Waals surface area contributed by atoms with E-state index in [1.54, 1.807) is 7.11 Å². The van der Waals surface area contributed by atoms with Gasteiger partial charge >= 0.3 is 0 Å². The first-order valence-corrected chi connectivity index (χ1v) is 6.29. The summed E-state index contributed by atoms with van der Waals surface area (Å²) in [6.07, 6.45) is 0. The van der Waals surface area contributed by atoms with Crippen LogP contribution in [0.4, 0.5) is 0 Å². The third-order valence-electron chi connectivity index (χ3n) is 2.93. The predicted molar refractivity (Wildman–Crippen MR) is 74.1 cm³/mol. The van der Waals surface area contributed by atoms with Crippen molar-refractivity contribution in [2.24, 2.45) is 4.99 Å². The molecule has 2 rings (SSSR count). The number of ether oxygens (including phenoxy) is 1. The smallest absolute Gasteiger partial charge is 0.253 e. The highest BCUT2D eigenvalue weighted by molar-refractivity contribution is 6.06. The maximum atomic E-state index is 12.0. The molecule has 0 radical (unpaired) electrons. The first-order chi connectivity index (χ1) is 9.10. The van der Waals surface area contributed by atoms with Crippen LogP contribution >= 0.6 is 0 Å². The lowest BCUT2D eigenvalue weighted by molar-refractivity contribution is -0.120. The highest BCUT2D eigenvalue weighted by Gasteiger charge is 2.29. The number of methoxy groups -OCH3 is 1. The number of nitrogens with one attached hydrogen (secondary N) is 2. The van der Waals surface area contributed by atoms with Gasteiger partial charge in [-0.1, -0.05) is 29.3 Å². The van der Waals surface area contributed by atoms with Gasteiger partial charge in [0.1, 0.15) is 6.04 Å².